The van der Waals surface area contributed by atoms with E-state index in [9.17, 15) is 9.90 Å². The largest absolute Gasteiger partial charge is 0.508 e. The molecule has 0 aliphatic carbocycles. The van der Waals surface area contributed by atoms with Crippen LogP contribution in [-0.2, 0) is 6.54 Å². The molecule has 22 heavy (non-hydrogen) atoms. The Morgan fingerprint density at radius 1 is 1.18 bits per heavy atom. The molecule has 0 aliphatic rings. The van der Waals surface area contributed by atoms with Crippen LogP contribution in [0.3, 0.4) is 0 Å². The molecule has 0 saturated carbocycles. The van der Waals surface area contributed by atoms with Gasteiger partial charge in [-0.3, -0.25) is 4.79 Å². The van der Waals surface area contributed by atoms with E-state index < -0.39 is 0 Å². The maximum atomic E-state index is 12.3. The lowest BCUT2D eigenvalue weighted by atomic mass is 10.1. The molecule has 116 valence electrons. The first kappa shape index (κ1) is 16.2. The molecule has 0 spiro atoms. The Morgan fingerprint density at radius 3 is 2.32 bits per heavy atom. The molecule has 0 fully saturated rings. The molecule has 0 heterocycles. The molecule has 0 bridgehead atoms. The van der Waals surface area contributed by atoms with Crippen molar-refractivity contribution >= 4 is 21.8 Å². The van der Waals surface area contributed by atoms with E-state index >= 15 is 0 Å². The predicted molar refractivity (Wildman–Crippen MR) is 86.5 cm³/mol. The van der Waals surface area contributed by atoms with Gasteiger partial charge in [0.05, 0.1) is 14.2 Å². The highest BCUT2D eigenvalue weighted by atomic mass is 79.9. The van der Waals surface area contributed by atoms with Crippen molar-refractivity contribution in [3.05, 3.63) is 52.0 Å². The number of nitrogens with one attached hydrogen (secondary N) is 1. The van der Waals surface area contributed by atoms with Crippen molar-refractivity contribution < 1.29 is 19.4 Å². The monoisotopic (exact) mass is 365 g/mol. The molecule has 2 aromatic rings. The molecule has 0 aromatic heterocycles. The van der Waals surface area contributed by atoms with Crippen LogP contribution in [0, 0.1) is 0 Å². The summed E-state index contributed by atoms with van der Waals surface area (Å²) in [6.45, 7) is 0.228. The quantitative estimate of drug-likeness (QED) is 0.854. The van der Waals surface area contributed by atoms with Crippen molar-refractivity contribution in [1.82, 2.24) is 5.32 Å². The first-order chi connectivity index (χ1) is 10.6. The molecular formula is C16H16BrNO4. The third-order valence-corrected chi connectivity index (χ3v) is 3.92. The van der Waals surface area contributed by atoms with Crippen LogP contribution in [0.25, 0.3) is 0 Å². The highest BCUT2D eigenvalue weighted by Gasteiger charge is 2.14. The van der Waals surface area contributed by atoms with Gasteiger partial charge < -0.3 is 19.9 Å². The number of methoxy groups -OCH3 is 2. The SMILES string of the molecule is COc1cc(C(=O)NCc2ccccc2O)cc(OC)c1Br. The van der Waals surface area contributed by atoms with E-state index in [0.717, 1.165) is 0 Å². The van der Waals surface area contributed by atoms with Gasteiger partial charge in [-0.2, -0.15) is 0 Å². The number of ether oxygens (including phenoxy) is 2. The van der Waals surface area contributed by atoms with Crippen molar-refractivity contribution in [3.8, 4) is 17.2 Å². The van der Waals surface area contributed by atoms with Crippen LogP contribution < -0.4 is 14.8 Å². The zero-order valence-electron chi connectivity index (χ0n) is 12.2. The summed E-state index contributed by atoms with van der Waals surface area (Å²) in [5, 5.41) is 12.5. The third-order valence-electron chi connectivity index (χ3n) is 3.14. The average Bonchev–Trinajstić information content (AvgIpc) is 2.54. The summed E-state index contributed by atoms with van der Waals surface area (Å²) in [6, 6.07) is 10.1. The molecule has 5 nitrogen and oxygen atoms in total. The summed E-state index contributed by atoms with van der Waals surface area (Å²) in [5.74, 6) is 0.875. The van der Waals surface area contributed by atoms with Crippen LogP contribution in [0.5, 0.6) is 17.2 Å². The first-order valence-electron chi connectivity index (χ1n) is 6.53. The minimum atomic E-state index is -0.285. The Balaban J connectivity index is 2.18. The fourth-order valence-electron chi connectivity index (χ4n) is 1.94. The molecule has 2 N–H and O–H groups in total. The summed E-state index contributed by atoms with van der Waals surface area (Å²) in [4.78, 5) is 12.3. The predicted octanol–water partition coefficient (Wildman–Crippen LogP) is 3.10. The van der Waals surface area contributed by atoms with Gasteiger partial charge in [0.2, 0.25) is 0 Å². The summed E-state index contributed by atoms with van der Waals surface area (Å²) < 4.78 is 11.1. The Hall–Kier alpha value is -2.21. The van der Waals surface area contributed by atoms with Gasteiger partial charge in [-0.1, -0.05) is 18.2 Å². The number of carbonyl (C=O) groups excluding carboxylic acids is 1. The second-order valence-electron chi connectivity index (χ2n) is 4.51. The van der Waals surface area contributed by atoms with Crippen LogP contribution in [0.2, 0.25) is 0 Å². The number of amides is 1. The second-order valence-corrected chi connectivity index (χ2v) is 5.30. The molecule has 0 radical (unpaired) electrons. The number of aromatic hydroxyl groups is 1. The molecule has 6 heteroatoms. The molecular weight excluding hydrogens is 350 g/mol. The van der Waals surface area contributed by atoms with E-state index in [0.29, 0.717) is 27.1 Å². The van der Waals surface area contributed by atoms with Gasteiger partial charge in [0.15, 0.2) is 0 Å². The van der Waals surface area contributed by atoms with Gasteiger partial charge in [-0.25, -0.2) is 0 Å². The maximum Gasteiger partial charge on any atom is 0.251 e. The smallest absolute Gasteiger partial charge is 0.251 e. The number of para-hydroxylation sites is 1. The van der Waals surface area contributed by atoms with E-state index in [-0.39, 0.29) is 18.2 Å². The first-order valence-corrected chi connectivity index (χ1v) is 7.32. The Labute approximate surface area is 137 Å². The van der Waals surface area contributed by atoms with Gasteiger partial charge in [0.25, 0.3) is 5.91 Å². The normalized spacial score (nSPS) is 10.1. The van der Waals surface area contributed by atoms with Crippen molar-refractivity contribution in [2.75, 3.05) is 14.2 Å². The minimum Gasteiger partial charge on any atom is -0.508 e. The standard InChI is InChI=1S/C16H16BrNO4/c1-21-13-7-11(8-14(22-2)15(13)17)16(20)18-9-10-5-3-4-6-12(10)19/h3-8,19H,9H2,1-2H3,(H,18,20). The van der Waals surface area contributed by atoms with Gasteiger partial charge in [-0.05, 0) is 34.1 Å². The fraction of sp³-hybridized carbons (Fsp3) is 0.188. The van der Waals surface area contributed by atoms with Crippen LogP contribution in [-0.4, -0.2) is 25.2 Å². The number of phenols is 1. The van der Waals surface area contributed by atoms with Crippen molar-refractivity contribution in [2.24, 2.45) is 0 Å². The molecule has 0 saturated heterocycles. The van der Waals surface area contributed by atoms with Gasteiger partial charge in [-0.15, -0.1) is 0 Å². The average molecular weight is 366 g/mol. The number of benzene rings is 2. The number of phenolic OH excluding ortho intramolecular Hbond substituents is 1. The van der Waals surface area contributed by atoms with Gasteiger partial charge in [0.1, 0.15) is 21.7 Å². The molecule has 0 aliphatic heterocycles. The number of halogens is 1. The topological polar surface area (TPSA) is 67.8 Å². The minimum absolute atomic E-state index is 0.147. The molecule has 0 atom stereocenters. The number of hydrogen-bond donors (Lipinski definition) is 2. The summed E-state index contributed by atoms with van der Waals surface area (Å²) >= 11 is 3.36. The van der Waals surface area contributed by atoms with Gasteiger partial charge >= 0.3 is 0 Å². The molecule has 2 rings (SSSR count). The van der Waals surface area contributed by atoms with E-state index in [4.69, 9.17) is 9.47 Å². The highest BCUT2D eigenvalue weighted by Crippen LogP contribution is 2.35. The Bertz CT molecular complexity index is 663. The Kier molecular flexibility index (Phi) is 5.27. The van der Waals surface area contributed by atoms with Gasteiger partial charge in [0, 0.05) is 17.7 Å². The van der Waals surface area contributed by atoms with E-state index in [1.54, 1.807) is 36.4 Å². The van der Waals surface area contributed by atoms with Crippen molar-refractivity contribution in [3.63, 3.8) is 0 Å². The summed E-state index contributed by atoms with van der Waals surface area (Å²) in [6.07, 6.45) is 0. The Morgan fingerprint density at radius 2 is 1.77 bits per heavy atom. The number of hydrogen-bond acceptors (Lipinski definition) is 4. The van der Waals surface area contributed by atoms with Crippen LogP contribution in [0.15, 0.2) is 40.9 Å². The fourth-order valence-corrected chi connectivity index (χ4v) is 2.49. The lowest BCUT2D eigenvalue weighted by Crippen LogP contribution is -2.23. The van der Waals surface area contributed by atoms with Crippen molar-refractivity contribution in [2.45, 2.75) is 6.54 Å². The maximum absolute atomic E-state index is 12.3. The molecule has 1 amide bonds. The second kappa shape index (κ2) is 7.17. The molecule has 0 unspecified atom stereocenters. The lowest BCUT2D eigenvalue weighted by molar-refractivity contribution is 0.0950. The summed E-state index contributed by atoms with van der Waals surface area (Å²) in [7, 11) is 3.03. The van der Waals surface area contributed by atoms with Crippen LogP contribution in [0.4, 0.5) is 0 Å². The third kappa shape index (κ3) is 3.51. The summed E-state index contributed by atoms with van der Waals surface area (Å²) in [5.41, 5.74) is 1.05. The van der Waals surface area contributed by atoms with E-state index in [2.05, 4.69) is 21.2 Å². The molecule has 2 aromatic carbocycles. The van der Waals surface area contributed by atoms with Crippen molar-refractivity contribution in [1.29, 1.82) is 0 Å². The zero-order chi connectivity index (χ0) is 16.1. The number of rotatable bonds is 5. The van der Waals surface area contributed by atoms with E-state index in [1.807, 2.05) is 0 Å². The highest BCUT2D eigenvalue weighted by molar-refractivity contribution is 9.10. The lowest BCUT2D eigenvalue weighted by Gasteiger charge is -2.12. The van der Waals surface area contributed by atoms with Crippen LogP contribution in [0.1, 0.15) is 15.9 Å². The number of carbonyl (C=O) groups is 1. The van der Waals surface area contributed by atoms with E-state index in [1.165, 1.54) is 14.2 Å². The van der Waals surface area contributed by atoms with Crippen LogP contribution >= 0.6 is 15.9 Å². The zero-order valence-corrected chi connectivity index (χ0v) is 13.8.